The largest absolute Gasteiger partial charge is 0.245 e. The molecule has 6 rings (SSSR count). The Kier molecular flexibility index (Phi) is 15.4. The summed E-state index contributed by atoms with van der Waals surface area (Å²) in [6.45, 7) is 16.1. The fraction of sp³-hybridized carbons (Fsp3) is 0.276. The number of hydrogen-bond acceptors (Lipinski definition) is 6. The van der Waals surface area contributed by atoms with Crippen LogP contribution in [0.1, 0.15) is 51.6 Å². The zero-order valence-corrected chi connectivity index (χ0v) is 24.5. The summed E-state index contributed by atoms with van der Waals surface area (Å²) < 4.78 is 3.82. The first kappa shape index (κ1) is 30.4. The molecule has 0 spiro atoms. The number of fused-ring (bicyclic) bond motifs is 3. The van der Waals surface area contributed by atoms with Crippen LogP contribution in [0.3, 0.4) is 0 Å². The molecule has 3 heterocycles. The van der Waals surface area contributed by atoms with E-state index in [1.807, 2.05) is 115 Å². The molecule has 35 heavy (non-hydrogen) atoms. The smallest absolute Gasteiger partial charge is 0.0907 e. The second-order valence-electron chi connectivity index (χ2n) is 6.22. The molecular formula is C29H37N3S3. The van der Waals surface area contributed by atoms with Gasteiger partial charge in [0, 0.05) is 0 Å². The van der Waals surface area contributed by atoms with Crippen molar-refractivity contribution in [3.05, 3.63) is 88.3 Å². The summed E-state index contributed by atoms with van der Waals surface area (Å²) in [6.07, 6.45) is 0. The van der Waals surface area contributed by atoms with E-state index in [0.717, 1.165) is 26.6 Å². The van der Waals surface area contributed by atoms with Gasteiger partial charge in [0.25, 0.3) is 0 Å². The van der Waals surface area contributed by atoms with Crippen LogP contribution in [0.2, 0.25) is 0 Å². The molecule has 3 aromatic heterocycles. The van der Waals surface area contributed by atoms with Crippen molar-refractivity contribution in [1.82, 2.24) is 15.0 Å². The molecule has 0 aliphatic heterocycles. The van der Waals surface area contributed by atoms with Crippen LogP contribution in [-0.4, -0.2) is 15.0 Å². The summed E-state index contributed by atoms with van der Waals surface area (Å²) >= 11 is 5.16. The standard InChI is InChI=1S/2C8H7NS.C7H5NS.3C2H6/c2*1-6-9-7-4-2-3-5-8(7)10-6;1-2-4-7-6(3-1)8-5-9-7;3*1-2/h2*2-5H,1H3;1-5H;3*1-2H3. The first-order chi connectivity index (χ1) is 17.2. The van der Waals surface area contributed by atoms with Gasteiger partial charge in [-0.3, -0.25) is 0 Å². The molecule has 0 N–H and O–H groups in total. The molecule has 186 valence electrons. The maximum absolute atomic E-state index is 4.33. The highest BCUT2D eigenvalue weighted by molar-refractivity contribution is 7.18. The van der Waals surface area contributed by atoms with Crippen molar-refractivity contribution < 1.29 is 0 Å². The molecule has 6 aromatic rings. The molecule has 0 saturated heterocycles. The van der Waals surface area contributed by atoms with Crippen LogP contribution >= 0.6 is 34.0 Å². The fourth-order valence-corrected chi connectivity index (χ4v) is 5.11. The topological polar surface area (TPSA) is 38.7 Å². The van der Waals surface area contributed by atoms with E-state index in [2.05, 4.69) is 33.2 Å². The van der Waals surface area contributed by atoms with Crippen LogP contribution in [0.5, 0.6) is 0 Å². The van der Waals surface area contributed by atoms with Gasteiger partial charge in [0.05, 0.1) is 46.2 Å². The van der Waals surface area contributed by atoms with Crippen molar-refractivity contribution in [2.24, 2.45) is 0 Å². The Morgan fingerprint density at radius 1 is 0.486 bits per heavy atom. The van der Waals surface area contributed by atoms with E-state index >= 15 is 0 Å². The average Bonchev–Trinajstić information content (AvgIpc) is 3.64. The highest BCUT2D eigenvalue weighted by atomic mass is 32.1. The van der Waals surface area contributed by atoms with E-state index in [4.69, 9.17) is 0 Å². The number of aryl methyl sites for hydroxylation is 2. The monoisotopic (exact) mass is 523 g/mol. The SMILES string of the molecule is CC.CC.CC.Cc1nc2ccccc2s1.Cc1nc2ccccc2s1.c1ccc2scnc2c1. The number of thiazole rings is 3. The van der Waals surface area contributed by atoms with E-state index in [0.29, 0.717) is 0 Å². The lowest BCUT2D eigenvalue weighted by molar-refractivity contribution is 1.35. The van der Waals surface area contributed by atoms with Gasteiger partial charge in [0.15, 0.2) is 0 Å². The summed E-state index contributed by atoms with van der Waals surface area (Å²) in [5, 5.41) is 2.28. The number of benzene rings is 3. The Morgan fingerprint density at radius 3 is 1.26 bits per heavy atom. The minimum absolute atomic E-state index is 1.10. The molecular weight excluding hydrogens is 487 g/mol. The Balaban J connectivity index is 0.000000237. The van der Waals surface area contributed by atoms with Crippen LogP contribution in [0.25, 0.3) is 30.6 Å². The molecule has 3 aromatic carbocycles. The van der Waals surface area contributed by atoms with Gasteiger partial charge in [-0.2, -0.15) is 0 Å². The van der Waals surface area contributed by atoms with Crippen LogP contribution < -0.4 is 0 Å². The number of nitrogens with zero attached hydrogens (tertiary/aromatic N) is 3. The van der Waals surface area contributed by atoms with E-state index in [9.17, 15) is 0 Å². The summed E-state index contributed by atoms with van der Waals surface area (Å²) in [6, 6.07) is 24.5. The van der Waals surface area contributed by atoms with Crippen molar-refractivity contribution in [1.29, 1.82) is 0 Å². The zero-order chi connectivity index (χ0) is 26.1. The Bertz CT molecular complexity index is 1180. The lowest BCUT2D eigenvalue weighted by Gasteiger charge is -1.80. The van der Waals surface area contributed by atoms with Gasteiger partial charge in [-0.1, -0.05) is 77.9 Å². The normalized spacial score (nSPS) is 9.14. The molecule has 0 bridgehead atoms. The Morgan fingerprint density at radius 2 is 0.857 bits per heavy atom. The summed E-state index contributed by atoms with van der Waals surface area (Å²) in [5.74, 6) is 0. The molecule has 0 atom stereocenters. The Labute approximate surface area is 222 Å². The van der Waals surface area contributed by atoms with Gasteiger partial charge < -0.3 is 0 Å². The summed E-state index contributed by atoms with van der Waals surface area (Å²) in [4.78, 5) is 12.8. The van der Waals surface area contributed by atoms with Crippen molar-refractivity contribution in [2.75, 3.05) is 0 Å². The van der Waals surface area contributed by atoms with Crippen molar-refractivity contribution in [3.63, 3.8) is 0 Å². The van der Waals surface area contributed by atoms with Crippen molar-refractivity contribution in [3.8, 4) is 0 Å². The maximum Gasteiger partial charge on any atom is 0.0907 e. The third-order valence-electron chi connectivity index (χ3n) is 4.04. The Hall–Kier alpha value is -2.67. The molecule has 0 aliphatic carbocycles. The average molecular weight is 524 g/mol. The summed E-state index contributed by atoms with van der Waals surface area (Å²) in [7, 11) is 0. The quantitative estimate of drug-likeness (QED) is 0.199. The van der Waals surface area contributed by atoms with E-state index in [1.54, 1.807) is 34.0 Å². The predicted octanol–water partition coefficient (Wildman–Crippen LogP) is 10.6. The molecule has 0 fully saturated rings. The fourth-order valence-electron chi connectivity index (χ4n) is 2.78. The van der Waals surface area contributed by atoms with Crippen LogP contribution in [0.15, 0.2) is 78.3 Å². The van der Waals surface area contributed by atoms with E-state index in [-0.39, 0.29) is 0 Å². The van der Waals surface area contributed by atoms with Crippen molar-refractivity contribution in [2.45, 2.75) is 55.4 Å². The number of rotatable bonds is 0. The number of hydrogen-bond donors (Lipinski definition) is 0. The molecule has 0 radical (unpaired) electrons. The van der Waals surface area contributed by atoms with E-state index in [1.165, 1.54) is 14.1 Å². The van der Waals surface area contributed by atoms with Crippen LogP contribution in [0, 0.1) is 13.8 Å². The molecule has 0 saturated carbocycles. The molecule has 0 aliphatic rings. The van der Waals surface area contributed by atoms with Gasteiger partial charge >= 0.3 is 0 Å². The minimum Gasteiger partial charge on any atom is -0.245 e. The van der Waals surface area contributed by atoms with Gasteiger partial charge in [-0.15, -0.1) is 34.0 Å². The maximum atomic E-state index is 4.33. The minimum atomic E-state index is 1.10. The lowest BCUT2D eigenvalue weighted by Crippen LogP contribution is -1.65. The van der Waals surface area contributed by atoms with Gasteiger partial charge in [-0.05, 0) is 50.2 Å². The van der Waals surface area contributed by atoms with Crippen molar-refractivity contribution >= 4 is 64.7 Å². The zero-order valence-electron chi connectivity index (χ0n) is 22.1. The molecule has 6 heteroatoms. The highest BCUT2D eigenvalue weighted by Gasteiger charge is 1.96. The van der Waals surface area contributed by atoms with Gasteiger partial charge in [-0.25, -0.2) is 15.0 Å². The summed E-state index contributed by atoms with van der Waals surface area (Å²) in [5.41, 5.74) is 5.20. The molecule has 0 unspecified atom stereocenters. The van der Waals surface area contributed by atoms with Crippen LogP contribution in [0.4, 0.5) is 0 Å². The third kappa shape index (κ3) is 9.84. The predicted molar refractivity (Wildman–Crippen MR) is 162 cm³/mol. The highest BCUT2D eigenvalue weighted by Crippen LogP contribution is 2.21. The third-order valence-corrected chi connectivity index (χ3v) is 6.75. The molecule has 0 amide bonds. The second-order valence-corrected chi connectivity index (χ2v) is 9.58. The molecule has 3 nitrogen and oxygen atoms in total. The van der Waals surface area contributed by atoms with Crippen LogP contribution in [-0.2, 0) is 0 Å². The van der Waals surface area contributed by atoms with E-state index < -0.39 is 0 Å². The number of aromatic nitrogens is 3. The first-order valence-electron chi connectivity index (χ1n) is 12.1. The first-order valence-corrected chi connectivity index (χ1v) is 14.6. The van der Waals surface area contributed by atoms with Gasteiger partial charge in [0.1, 0.15) is 0 Å². The lowest BCUT2D eigenvalue weighted by atomic mass is 10.3. The second kappa shape index (κ2) is 17.7. The number of para-hydroxylation sites is 3. The van der Waals surface area contributed by atoms with Gasteiger partial charge in [0.2, 0.25) is 0 Å².